The normalized spacial score (nSPS) is 9.87. The number of nitriles is 1. The van der Waals surface area contributed by atoms with E-state index in [-0.39, 0.29) is 5.91 Å². The molecule has 4 heteroatoms. The highest BCUT2D eigenvalue weighted by Crippen LogP contribution is 2.19. The first kappa shape index (κ1) is 14.5. The summed E-state index contributed by atoms with van der Waals surface area (Å²) in [6.45, 7) is 0. The number of amides is 1. The lowest BCUT2D eigenvalue weighted by atomic mass is 10.1. The van der Waals surface area contributed by atoms with Gasteiger partial charge in [0, 0.05) is 23.6 Å². The van der Waals surface area contributed by atoms with E-state index < -0.39 is 0 Å². The average molecular weight is 299 g/mol. The molecule has 1 amide bonds. The van der Waals surface area contributed by atoms with Gasteiger partial charge in [0.15, 0.2) is 0 Å². The Kier molecular flexibility index (Phi) is 4.12. The number of benzene rings is 2. The maximum absolute atomic E-state index is 12.4. The van der Waals surface area contributed by atoms with Crippen molar-refractivity contribution in [3.8, 4) is 17.2 Å². The van der Waals surface area contributed by atoms with Crippen LogP contribution in [0.1, 0.15) is 15.9 Å². The molecule has 4 nitrogen and oxygen atoms in total. The van der Waals surface area contributed by atoms with Gasteiger partial charge in [-0.05, 0) is 29.8 Å². The second kappa shape index (κ2) is 6.54. The van der Waals surface area contributed by atoms with Crippen LogP contribution < -0.4 is 5.32 Å². The maximum atomic E-state index is 12.4. The Labute approximate surface area is 134 Å². The monoisotopic (exact) mass is 299 g/mol. The fraction of sp³-hybridized carbons (Fsp3) is 0. The van der Waals surface area contributed by atoms with E-state index in [2.05, 4.69) is 10.3 Å². The van der Waals surface area contributed by atoms with E-state index in [1.54, 1.807) is 36.5 Å². The van der Waals surface area contributed by atoms with Crippen LogP contribution in [0.3, 0.4) is 0 Å². The Balaban J connectivity index is 1.84. The van der Waals surface area contributed by atoms with Crippen molar-refractivity contribution in [2.75, 3.05) is 5.32 Å². The van der Waals surface area contributed by atoms with Gasteiger partial charge in [-0.2, -0.15) is 5.26 Å². The fourth-order valence-electron chi connectivity index (χ4n) is 2.22. The number of rotatable bonds is 3. The number of nitrogens with one attached hydrogen (secondary N) is 1. The van der Waals surface area contributed by atoms with Gasteiger partial charge in [-0.3, -0.25) is 9.78 Å². The van der Waals surface area contributed by atoms with Gasteiger partial charge in [0.25, 0.3) is 5.91 Å². The predicted octanol–water partition coefficient (Wildman–Crippen LogP) is 3.87. The molecule has 0 aliphatic heterocycles. The second-order valence-corrected chi connectivity index (χ2v) is 4.98. The predicted molar refractivity (Wildman–Crippen MR) is 88.8 cm³/mol. The SMILES string of the molecule is N#Cc1cccc(NC(=O)c2cncc(-c3ccccc3)c2)c1. The zero-order chi connectivity index (χ0) is 16.1. The Morgan fingerprint density at radius 3 is 2.57 bits per heavy atom. The van der Waals surface area contributed by atoms with Crippen LogP contribution in [0.4, 0.5) is 5.69 Å². The molecule has 0 radical (unpaired) electrons. The summed E-state index contributed by atoms with van der Waals surface area (Å²) in [5.74, 6) is -0.259. The molecule has 0 saturated carbocycles. The highest BCUT2D eigenvalue weighted by molar-refractivity contribution is 6.04. The third-order valence-corrected chi connectivity index (χ3v) is 3.36. The van der Waals surface area contributed by atoms with Gasteiger partial charge in [-0.15, -0.1) is 0 Å². The first-order valence-corrected chi connectivity index (χ1v) is 7.08. The molecule has 1 N–H and O–H groups in total. The van der Waals surface area contributed by atoms with E-state index >= 15 is 0 Å². The molecule has 0 saturated heterocycles. The zero-order valence-corrected chi connectivity index (χ0v) is 12.2. The van der Waals surface area contributed by atoms with Crippen molar-refractivity contribution in [3.63, 3.8) is 0 Å². The summed E-state index contributed by atoms with van der Waals surface area (Å²) >= 11 is 0. The van der Waals surface area contributed by atoms with Crippen LogP contribution in [0.25, 0.3) is 11.1 Å². The van der Waals surface area contributed by atoms with Gasteiger partial charge in [0.2, 0.25) is 0 Å². The molecule has 0 aliphatic rings. The van der Waals surface area contributed by atoms with Gasteiger partial charge in [0.05, 0.1) is 17.2 Å². The highest BCUT2D eigenvalue weighted by atomic mass is 16.1. The largest absolute Gasteiger partial charge is 0.322 e. The van der Waals surface area contributed by atoms with Gasteiger partial charge >= 0.3 is 0 Å². The molecule has 2 aromatic carbocycles. The van der Waals surface area contributed by atoms with Crippen LogP contribution >= 0.6 is 0 Å². The molecule has 1 heterocycles. The average Bonchev–Trinajstić information content (AvgIpc) is 2.63. The van der Waals surface area contributed by atoms with E-state index in [0.29, 0.717) is 16.8 Å². The van der Waals surface area contributed by atoms with Gasteiger partial charge < -0.3 is 5.32 Å². The fourth-order valence-corrected chi connectivity index (χ4v) is 2.22. The lowest BCUT2D eigenvalue weighted by Crippen LogP contribution is -2.12. The van der Waals surface area contributed by atoms with Crippen LogP contribution in [-0.4, -0.2) is 10.9 Å². The lowest BCUT2D eigenvalue weighted by Gasteiger charge is -2.07. The number of aromatic nitrogens is 1. The number of hydrogen-bond donors (Lipinski definition) is 1. The molecule has 110 valence electrons. The molecule has 0 unspecified atom stereocenters. The van der Waals surface area contributed by atoms with Crippen LogP contribution in [0.2, 0.25) is 0 Å². The van der Waals surface area contributed by atoms with Crippen molar-refractivity contribution in [2.45, 2.75) is 0 Å². The zero-order valence-electron chi connectivity index (χ0n) is 12.2. The maximum Gasteiger partial charge on any atom is 0.257 e. The minimum absolute atomic E-state index is 0.259. The van der Waals surface area contributed by atoms with Crippen molar-refractivity contribution in [2.24, 2.45) is 0 Å². The van der Waals surface area contributed by atoms with E-state index in [0.717, 1.165) is 11.1 Å². The Hall–Kier alpha value is -3.45. The van der Waals surface area contributed by atoms with Gasteiger partial charge in [-0.1, -0.05) is 36.4 Å². The van der Waals surface area contributed by atoms with Crippen molar-refractivity contribution in [1.82, 2.24) is 4.98 Å². The Bertz CT molecular complexity index is 882. The molecule has 3 rings (SSSR count). The molecule has 1 aromatic heterocycles. The molecular formula is C19H13N3O. The summed E-state index contributed by atoms with van der Waals surface area (Å²) in [6.07, 6.45) is 3.25. The van der Waals surface area contributed by atoms with Gasteiger partial charge in [0.1, 0.15) is 0 Å². The molecule has 0 atom stereocenters. The Morgan fingerprint density at radius 1 is 0.957 bits per heavy atom. The number of carbonyl (C=O) groups excluding carboxylic acids is 1. The number of pyridine rings is 1. The summed E-state index contributed by atoms with van der Waals surface area (Å²) in [4.78, 5) is 16.5. The van der Waals surface area contributed by atoms with Crippen molar-refractivity contribution >= 4 is 11.6 Å². The van der Waals surface area contributed by atoms with Gasteiger partial charge in [-0.25, -0.2) is 0 Å². The van der Waals surface area contributed by atoms with Crippen molar-refractivity contribution in [3.05, 3.63) is 84.2 Å². The summed E-state index contributed by atoms with van der Waals surface area (Å²) in [5.41, 5.74) is 3.43. The molecule has 0 fully saturated rings. The van der Waals surface area contributed by atoms with Crippen molar-refractivity contribution < 1.29 is 4.79 Å². The first-order chi connectivity index (χ1) is 11.3. The number of hydrogen-bond acceptors (Lipinski definition) is 3. The first-order valence-electron chi connectivity index (χ1n) is 7.08. The molecule has 0 bridgehead atoms. The number of nitrogens with zero attached hydrogens (tertiary/aromatic N) is 2. The molecule has 0 aliphatic carbocycles. The number of anilines is 1. The smallest absolute Gasteiger partial charge is 0.257 e. The van der Waals surface area contributed by atoms with Crippen LogP contribution in [0.5, 0.6) is 0 Å². The minimum atomic E-state index is -0.259. The molecule has 3 aromatic rings. The standard InChI is InChI=1S/C19H13N3O/c20-11-14-5-4-8-18(9-14)22-19(23)17-10-16(12-21-13-17)15-6-2-1-3-7-15/h1-10,12-13H,(H,22,23). The molecule has 0 spiro atoms. The van der Waals surface area contributed by atoms with Crippen molar-refractivity contribution in [1.29, 1.82) is 5.26 Å². The molecular weight excluding hydrogens is 286 g/mol. The summed E-state index contributed by atoms with van der Waals surface area (Å²) in [6, 6.07) is 20.4. The van der Waals surface area contributed by atoms with E-state index in [9.17, 15) is 4.79 Å². The minimum Gasteiger partial charge on any atom is -0.322 e. The van der Waals surface area contributed by atoms with Crippen LogP contribution in [0, 0.1) is 11.3 Å². The summed E-state index contributed by atoms with van der Waals surface area (Å²) in [5, 5.41) is 11.7. The topological polar surface area (TPSA) is 65.8 Å². The lowest BCUT2D eigenvalue weighted by molar-refractivity contribution is 0.102. The van der Waals surface area contributed by atoms with Crippen LogP contribution in [0.15, 0.2) is 73.1 Å². The third kappa shape index (κ3) is 3.42. The van der Waals surface area contributed by atoms with E-state index in [1.165, 1.54) is 6.20 Å². The summed E-state index contributed by atoms with van der Waals surface area (Å²) in [7, 11) is 0. The Morgan fingerprint density at radius 2 is 1.78 bits per heavy atom. The molecule has 23 heavy (non-hydrogen) atoms. The van der Waals surface area contributed by atoms with E-state index in [4.69, 9.17) is 5.26 Å². The third-order valence-electron chi connectivity index (χ3n) is 3.36. The summed E-state index contributed by atoms with van der Waals surface area (Å²) < 4.78 is 0. The van der Waals surface area contributed by atoms with E-state index in [1.807, 2.05) is 36.4 Å². The highest BCUT2D eigenvalue weighted by Gasteiger charge is 2.08. The van der Waals surface area contributed by atoms with Crippen LogP contribution in [-0.2, 0) is 0 Å². The quantitative estimate of drug-likeness (QED) is 0.798. The number of carbonyl (C=O) groups is 1. The second-order valence-electron chi connectivity index (χ2n) is 4.98.